The van der Waals surface area contributed by atoms with Crippen LogP contribution in [0.25, 0.3) is 0 Å². The summed E-state index contributed by atoms with van der Waals surface area (Å²) in [6.45, 7) is 6.82. The Morgan fingerprint density at radius 3 is 2.38 bits per heavy atom. The van der Waals surface area contributed by atoms with E-state index in [2.05, 4.69) is 50.4 Å². The van der Waals surface area contributed by atoms with E-state index in [9.17, 15) is 4.79 Å². The molecule has 1 aromatic rings. The number of hydrogen-bond donors (Lipinski definition) is 2. The smallest absolute Gasteiger partial charge is 0.237 e. The van der Waals surface area contributed by atoms with Gasteiger partial charge in [0.05, 0.1) is 12.1 Å². The Hall–Kier alpha value is -1.39. The number of amides is 1. The quantitative estimate of drug-likeness (QED) is 0.773. The van der Waals surface area contributed by atoms with Gasteiger partial charge in [0.25, 0.3) is 0 Å². The molecule has 0 radical (unpaired) electrons. The lowest BCUT2D eigenvalue weighted by molar-refractivity contribution is -0.123. The van der Waals surface area contributed by atoms with E-state index in [1.165, 1.54) is 5.56 Å². The molecular weight excluding hydrogens is 264 g/mol. The number of aryl methyl sites for hydroxylation is 1. The second-order valence-corrected chi connectivity index (χ2v) is 5.71. The molecule has 3 N–H and O–H groups in total. The van der Waals surface area contributed by atoms with Gasteiger partial charge < -0.3 is 15.8 Å². The Morgan fingerprint density at radius 2 is 1.90 bits per heavy atom. The number of benzene rings is 1. The molecule has 21 heavy (non-hydrogen) atoms. The van der Waals surface area contributed by atoms with E-state index in [-0.39, 0.29) is 11.9 Å². The van der Waals surface area contributed by atoms with E-state index in [1.807, 2.05) is 0 Å². The predicted octanol–water partition coefficient (Wildman–Crippen LogP) is 2.43. The average Bonchev–Trinajstić information content (AvgIpc) is 2.49. The lowest BCUT2D eigenvalue weighted by Crippen LogP contribution is -2.44. The summed E-state index contributed by atoms with van der Waals surface area (Å²) < 4.78 is 4.97. The van der Waals surface area contributed by atoms with Crippen molar-refractivity contribution in [1.82, 2.24) is 5.32 Å². The fraction of sp³-hybridized carbons (Fsp3) is 0.588. The number of nitrogens with two attached hydrogens (primary N) is 1. The number of carbonyl (C=O) groups is 1. The third-order valence-corrected chi connectivity index (χ3v) is 3.68. The van der Waals surface area contributed by atoms with Crippen LogP contribution in [0.2, 0.25) is 0 Å². The summed E-state index contributed by atoms with van der Waals surface area (Å²) in [7, 11) is 1.61. The highest BCUT2D eigenvalue weighted by molar-refractivity contribution is 5.81. The zero-order chi connectivity index (χ0) is 15.8. The molecule has 1 aromatic carbocycles. The van der Waals surface area contributed by atoms with Crippen molar-refractivity contribution in [1.29, 1.82) is 0 Å². The van der Waals surface area contributed by atoms with Crippen LogP contribution in [-0.2, 0) is 16.0 Å². The summed E-state index contributed by atoms with van der Waals surface area (Å²) >= 11 is 0. The average molecular weight is 292 g/mol. The van der Waals surface area contributed by atoms with Crippen LogP contribution < -0.4 is 11.1 Å². The maximum Gasteiger partial charge on any atom is 0.237 e. The fourth-order valence-corrected chi connectivity index (χ4v) is 2.23. The molecule has 4 nitrogen and oxygen atoms in total. The molecular formula is C17H28N2O2. The fourth-order valence-electron chi connectivity index (χ4n) is 2.23. The minimum atomic E-state index is -0.527. The van der Waals surface area contributed by atoms with Crippen molar-refractivity contribution >= 4 is 5.91 Å². The third-order valence-electron chi connectivity index (χ3n) is 3.68. The number of rotatable bonds is 8. The largest absolute Gasteiger partial charge is 0.385 e. The highest BCUT2D eigenvalue weighted by Gasteiger charge is 2.21. The summed E-state index contributed by atoms with van der Waals surface area (Å²) in [5.74, 6) is 0.182. The van der Waals surface area contributed by atoms with E-state index in [0.717, 1.165) is 12.0 Å². The molecule has 0 aliphatic carbocycles. The first-order chi connectivity index (χ1) is 9.99. The Morgan fingerprint density at radius 1 is 1.29 bits per heavy atom. The summed E-state index contributed by atoms with van der Waals surface area (Å²) in [4.78, 5) is 12.2. The van der Waals surface area contributed by atoms with Crippen molar-refractivity contribution in [3.8, 4) is 0 Å². The van der Waals surface area contributed by atoms with E-state index < -0.39 is 6.04 Å². The number of methoxy groups -OCH3 is 1. The van der Waals surface area contributed by atoms with Gasteiger partial charge in [0.2, 0.25) is 5.91 Å². The van der Waals surface area contributed by atoms with Crippen molar-refractivity contribution < 1.29 is 9.53 Å². The van der Waals surface area contributed by atoms with Gasteiger partial charge >= 0.3 is 0 Å². The zero-order valence-electron chi connectivity index (χ0n) is 13.6. The van der Waals surface area contributed by atoms with E-state index in [0.29, 0.717) is 18.9 Å². The van der Waals surface area contributed by atoms with Gasteiger partial charge in [-0.2, -0.15) is 0 Å². The van der Waals surface area contributed by atoms with Crippen LogP contribution in [-0.4, -0.2) is 25.7 Å². The zero-order valence-corrected chi connectivity index (χ0v) is 13.6. The summed E-state index contributed by atoms with van der Waals surface area (Å²) in [5.41, 5.74) is 8.30. The lowest BCUT2D eigenvalue weighted by Gasteiger charge is -2.25. The first-order valence-electron chi connectivity index (χ1n) is 7.63. The molecule has 0 fully saturated rings. The topological polar surface area (TPSA) is 64.4 Å². The minimum absolute atomic E-state index is 0.0167. The number of nitrogens with one attached hydrogen (secondary N) is 1. The standard InChI is InChI=1S/C17H28N2O2/c1-5-13-6-8-14(9-7-13)16(12(2)3)19-17(20)15(18)10-11-21-4/h6-9,12,15-16H,5,10-11,18H2,1-4H3,(H,19,20). The predicted molar refractivity (Wildman–Crippen MR) is 86.0 cm³/mol. The van der Waals surface area contributed by atoms with Gasteiger partial charge in [-0.1, -0.05) is 45.0 Å². The molecule has 118 valence electrons. The van der Waals surface area contributed by atoms with Gasteiger partial charge in [-0.25, -0.2) is 0 Å². The molecule has 1 amide bonds. The Balaban J connectivity index is 2.75. The molecule has 0 aliphatic rings. The summed E-state index contributed by atoms with van der Waals surface area (Å²) in [6.07, 6.45) is 1.54. The van der Waals surface area contributed by atoms with Crippen molar-refractivity contribution in [2.24, 2.45) is 11.7 Å². The lowest BCUT2D eigenvalue weighted by atomic mass is 9.94. The first kappa shape index (κ1) is 17.7. The molecule has 1 rings (SSSR count). The maximum atomic E-state index is 12.2. The Bertz CT molecular complexity index is 429. The van der Waals surface area contributed by atoms with Crippen LogP contribution in [0.4, 0.5) is 0 Å². The highest BCUT2D eigenvalue weighted by atomic mass is 16.5. The molecule has 0 spiro atoms. The van der Waals surface area contributed by atoms with Crippen molar-refractivity contribution in [2.45, 2.75) is 45.7 Å². The maximum absolute atomic E-state index is 12.2. The molecule has 0 saturated heterocycles. The highest BCUT2D eigenvalue weighted by Crippen LogP contribution is 2.22. The molecule has 2 unspecified atom stereocenters. The van der Waals surface area contributed by atoms with Crippen LogP contribution in [0.5, 0.6) is 0 Å². The third kappa shape index (κ3) is 5.48. The van der Waals surface area contributed by atoms with Crippen molar-refractivity contribution in [2.75, 3.05) is 13.7 Å². The minimum Gasteiger partial charge on any atom is -0.385 e. The second-order valence-electron chi connectivity index (χ2n) is 5.71. The van der Waals surface area contributed by atoms with E-state index in [1.54, 1.807) is 7.11 Å². The number of hydrogen-bond acceptors (Lipinski definition) is 3. The van der Waals surface area contributed by atoms with Crippen molar-refractivity contribution in [3.05, 3.63) is 35.4 Å². The Labute approximate surface area is 128 Å². The molecule has 0 saturated carbocycles. The molecule has 2 atom stereocenters. The number of ether oxygens (including phenoxy) is 1. The second kappa shape index (κ2) is 8.80. The summed E-state index contributed by atoms with van der Waals surface area (Å²) in [5, 5.41) is 3.06. The van der Waals surface area contributed by atoms with Crippen LogP contribution in [0, 0.1) is 5.92 Å². The van der Waals surface area contributed by atoms with E-state index in [4.69, 9.17) is 10.5 Å². The van der Waals surface area contributed by atoms with Crippen LogP contribution >= 0.6 is 0 Å². The van der Waals surface area contributed by atoms with Gasteiger partial charge in [0.15, 0.2) is 0 Å². The van der Waals surface area contributed by atoms with Gasteiger partial charge in [-0.3, -0.25) is 4.79 Å². The normalized spacial score (nSPS) is 14.0. The molecule has 0 heterocycles. The van der Waals surface area contributed by atoms with E-state index >= 15 is 0 Å². The van der Waals surface area contributed by atoms with Crippen LogP contribution in [0.3, 0.4) is 0 Å². The first-order valence-corrected chi connectivity index (χ1v) is 7.63. The monoisotopic (exact) mass is 292 g/mol. The van der Waals surface area contributed by atoms with Gasteiger partial charge in [0.1, 0.15) is 0 Å². The van der Waals surface area contributed by atoms with Gasteiger partial charge in [-0.05, 0) is 29.9 Å². The molecule has 0 aliphatic heterocycles. The molecule has 0 aromatic heterocycles. The SMILES string of the molecule is CCc1ccc(C(NC(=O)C(N)CCOC)C(C)C)cc1. The summed E-state index contributed by atoms with van der Waals surface area (Å²) in [6, 6.07) is 7.86. The van der Waals surface area contributed by atoms with Crippen molar-refractivity contribution in [3.63, 3.8) is 0 Å². The molecule has 4 heteroatoms. The Kier molecular flexibility index (Phi) is 7.40. The van der Waals surface area contributed by atoms with Crippen LogP contribution in [0.1, 0.15) is 44.4 Å². The number of carbonyl (C=O) groups excluding carboxylic acids is 1. The van der Waals surface area contributed by atoms with Crippen LogP contribution in [0.15, 0.2) is 24.3 Å². The van der Waals surface area contributed by atoms with Gasteiger partial charge in [-0.15, -0.1) is 0 Å². The van der Waals surface area contributed by atoms with Gasteiger partial charge in [0, 0.05) is 13.7 Å². The molecule has 0 bridgehead atoms.